The van der Waals surface area contributed by atoms with Crippen molar-refractivity contribution >= 4 is 11.9 Å². The van der Waals surface area contributed by atoms with E-state index < -0.39 is 0 Å². The minimum Gasteiger partial charge on any atom is -0.340 e. The molecule has 142 valence electrons. The van der Waals surface area contributed by atoms with E-state index in [1.165, 1.54) is 16.7 Å². The Labute approximate surface area is 161 Å². The molecule has 2 saturated heterocycles. The van der Waals surface area contributed by atoms with Crippen LogP contribution in [0.3, 0.4) is 0 Å². The minimum absolute atomic E-state index is 0.0368. The molecule has 1 amide bonds. The molecule has 2 aliphatic heterocycles. The predicted octanol–water partition coefficient (Wildman–Crippen LogP) is 3.67. The number of benzene rings is 1. The number of likely N-dealkylation sites (tertiary alicyclic amines) is 1. The van der Waals surface area contributed by atoms with E-state index >= 15 is 0 Å². The van der Waals surface area contributed by atoms with Gasteiger partial charge in [-0.1, -0.05) is 18.2 Å². The first kappa shape index (κ1) is 18.0. The first-order chi connectivity index (χ1) is 13.1. The molecule has 2 aromatic rings. The van der Waals surface area contributed by atoms with Crippen LogP contribution in [0.2, 0.25) is 0 Å². The third kappa shape index (κ3) is 3.68. The fourth-order valence-electron chi connectivity index (χ4n) is 4.40. The van der Waals surface area contributed by atoms with Crippen molar-refractivity contribution in [2.75, 3.05) is 24.5 Å². The van der Waals surface area contributed by atoms with Crippen molar-refractivity contribution in [3.05, 3.63) is 53.3 Å². The molecule has 0 saturated carbocycles. The molecule has 0 spiro atoms. The molecule has 5 nitrogen and oxygen atoms in total. The summed E-state index contributed by atoms with van der Waals surface area (Å²) in [7, 11) is 0. The number of carbonyl (C=O) groups is 1. The second-order valence-corrected chi connectivity index (χ2v) is 7.87. The van der Waals surface area contributed by atoms with E-state index in [0.717, 1.165) is 51.3 Å². The molecule has 1 aromatic carbocycles. The molecule has 5 heteroatoms. The second-order valence-electron chi connectivity index (χ2n) is 7.87. The lowest BCUT2D eigenvalue weighted by Crippen LogP contribution is -2.45. The molecule has 2 aliphatic rings. The predicted molar refractivity (Wildman–Crippen MR) is 107 cm³/mol. The Balaban J connectivity index is 1.50. The first-order valence-corrected chi connectivity index (χ1v) is 10.0. The molecule has 2 atom stereocenters. The molecule has 4 rings (SSSR count). The van der Waals surface area contributed by atoms with Crippen LogP contribution in [0.1, 0.15) is 48.4 Å². The van der Waals surface area contributed by atoms with E-state index in [1.54, 1.807) is 12.4 Å². The van der Waals surface area contributed by atoms with Gasteiger partial charge in [-0.15, -0.1) is 0 Å². The van der Waals surface area contributed by atoms with Crippen LogP contribution in [0.15, 0.2) is 36.7 Å². The third-order valence-corrected chi connectivity index (χ3v) is 6.06. The van der Waals surface area contributed by atoms with Crippen molar-refractivity contribution in [3.63, 3.8) is 0 Å². The van der Waals surface area contributed by atoms with Crippen LogP contribution < -0.4 is 4.90 Å². The lowest BCUT2D eigenvalue weighted by molar-refractivity contribution is -0.136. The van der Waals surface area contributed by atoms with Crippen LogP contribution in [-0.4, -0.2) is 40.4 Å². The molecule has 0 radical (unpaired) electrons. The minimum atomic E-state index is 0.0368. The van der Waals surface area contributed by atoms with Crippen molar-refractivity contribution in [3.8, 4) is 0 Å². The van der Waals surface area contributed by atoms with Gasteiger partial charge in [0.15, 0.2) is 0 Å². The standard InChI is InChI=1S/C22H28N4O/c1-16-8-9-18(14-17(16)2)20-7-4-13-26(20)21(27)19-6-3-12-25(15-19)22-23-10-5-11-24-22/h5,8-11,14,19-20H,3-4,6-7,12-13,15H2,1-2H3/t19-,20-/m0/s1. The number of amides is 1. The van der Waals surface area contributed by atoms with Crippen LogP contribution >= 0.6 is 0 Å². The topological polar surface area (TPSA) is 49.3 Å². The van der Waals surface area contributed by atoms with Gasteiger partial charge in [-0.2, -0.15) is 0 Å². The zero-order valence-corrected chi connectivity index (χ0v) is 16.3. The highest BCUT2D eigenvalue weighted by Gasteiger charge is 2.36. The number of carbonyl (C=O) groups excluding carboxylic acids is 1. The van der Waals surface area contributed by atoms with Gasteiger partial charge in [-0.05, 0) is 62.3 Å². The monoisotopic (exact) mass is 364 g/mol. The van der Waals surface area contributed by atoms with E-state index in [0.29, 0.717) is 5.91 Å². The maximum absolute atomic E-state index is 13.4. The van der Waals surface area contributed by atoms with Crippen molar-refractivity contribution < 1.29 is 4.79 Å². The summed E-state index contributed by atoms with van der Waals surface area (Å²) in [6.45, 7) is 6.81. The Kier molecular flexibility index (Phi) is 5.10. The molecular formula is C22H28N4O. The van der Waals surface area contributed by atoms with E-state index in [1.807, 2.05) is 6.07 Å². The van der Waals surface area contributed by atoms with E-state index in [4.69, 9.17) is 0 Å². The van der Waals surface area contributed by atoms with Crippen molar-refractivity contribution in [2.45, 2.75) is 45.6 Å². The Morgan fingerprint density at radius 1 is 1.04 bits per heavy atom. The average molecular weight is 364 g/mol. The molecule has 0 bridgehead atoms. The van der Waals surface area contributed by atoms with Crippen molar-refractivity contribution in [1.29, 1.82) is 0 Å². The molecule has 3 heterocycles. The van der Waals surface area contributed by atoms with Crippen LogP contribution in [0.5, 0.6) is 0 Å². The summed E-state index contributed by atoms with van der Waals surface area (Å²) in [4.78, 5) is 26.4. The zero-order valence-electron chi connectivity index (χ0n) is 16.3. The molecule has 2 fully saturated rings. The van der Waals surface area contributed by atoms with Gasteiger partial charge in [0.2, 0.25) is 11.9 Å². The van der Waals surface area contributed by atoms with Crippen LogP contribution in [-0.2, 0) is 4.79 Å². The van der Waals surface area contributed by atoms with Gasteiger partial charge in [-0.3, -0.25) is 4.79 Å². The van der Waals surface area contributed by atoms with Gasteiger partial charge < -0.3 is 9.80 Å². The third-order valence-electron chi connectivity index (χ3n) is 6.06. The SMILES string of the molecule is Cc1ccc([C@@H]2CCCN2C(=O)[C@H]2CCCN(c3ncccn3)C2)cc1C. The maximum atomic E-state index is 13.4. The lowest BCUT2D eigenvalue weighted by Gasteiger charge is -2.35. The largest absolute Gasteiger partial charge is 0.340 e. The number of aryl methyl sites for hydroxylation is 2. The smallest absolute Gasteiger partial charge is 0.227 e. The summed E-state index contributed by atoms with van der Waals surface area (Å²) in [5, 5.41) is 0. The summed E-state index contributed by atoms with van der Waals surface area (Å²) < 4.78 is 0. The Morgan fingerprint density at radius 2 is 1.81 bits per heavy atom. The second kappa shape index (κ2) is 7.67. The van der Waals surface area contributed by atoms with Gasteiger partial charge in [0.1, 0.15) is 0 Å². The summed E-state index contributed by atoms with van der Waals surface area (Å²) in [5.41, 5.74) is 3.89. The molecule has 0 unspecified atom stereocenters. The number of hydrogen-bond donors (Lipinski definition) is 0. The maximum Gasteiger partial charge on any atom is 0.227 e. The number of aromatic nitrogens is 2. The molecule has 0 N–H and O–H groups in total. The van der Waals surface area contributed by atoms with E-state index in [2.05, 4.69) is 51.8 Å². The van der Waals surface area contributed by atoms with Gasteiger partial charge >= 0.3 is 0 Å². The fourth-order valence-corrected chi connectivity index (χ4v) is 4.40. The fraction of sp³-hybridized carbons (Fsp3) is 0.500. The zero-order chi connectivity index (χ0) is 18.8. The summed E-state index contributed by atoms with van der Waals surface area (Å²) >= 11 is 0. The van der Waals surface area contributed by atoms with E-state index in [9.17, 15) is 4.79 Å². The lowest BCUT2D eigenvalue weighted by atomic mass is 9.95. The quantitative estimate of drug-likeness (QED) is 0.834. The number of piperidine rings is 1. The number of nitrogens with zero attached hydrogens (tertiary/aromatic N) is 4. The molecular weight excluding hydrogens is 336 g/mol. The molecule has 0 aliphatic carbocycles. The van der Waals surface area contributed by atoms with Crippen LogP contribution in [0.25, 0.3) is 0 Å². The normalized spacial score (nSPS) is 22.9. The van der Waals surface area contributed by atoms with Gasteiger partial charge in [0.05, 0.1) is 12.0 Å². The average Bonchev–Trinajstić information content (AvgIpc) is 3.20. The highest BCUT2D eigenvalue weighted by atomic mass is 16.2. The summed E-state index contributed by atoms with van der Waals surface area (Å²) in [5.74, 6) is 1.08. The number of rotatable bonds is 3. The highest BCUT2D eigenvalue weighted by molar-refractivity contribution is 5.80. The number of hydrogen-bond acceptors (Lipinski definition) is 4. The summed E-state index contributed by atoms with van der Waals surface area (Å²) in [6.07, 6.45) is 7.65. The van der Waals surface area contributed by atoms with Crippen molar-refractivity contribution in [1.82, 2.24) is 14.9 Å². The van der Waals surface area contributed by atoms with E-state index in [-0.39, 0.29) is 12.0 Å². The van der Waals surface area contributed by atoms with Crippen molar-refractivity contribution in [2.24, 2.45) is 5.92 Å². The van der Waals surface area contributed by atoms with Crippen LogP contribution in [0.4, 0.5) is 5.95 Å². The molecule has 27 heavy (non-hydrogen) atoms. The van der Waals surface area contributed by atoms with Gasteiger partial charge in [0, 0.05) is 32.0 Å². The summed E-state index contributed by atoms with van der Waals surface area (Å²) in [6, 6.07) is 8.69. The Bertz CT molecular complexity index is 807. The first-order valence-electron chi connectivity index (χ1n) is 10.0. The van der Waals surface area contributed by atoms with Gasteiger partial charge in [-0.25, -0.2) is 9.97 Å². The Morgan fingerprint density at radius 3 is 2.59 bits per heavy atom. The molecule has 1 aromatic heterocycles. The number of anilines is 1. The van der Waals surface area contributed by atoms with Gasteiger partial charge in [0.25, 0.3) is 0 Å². The van der Waals surface area contributed by atoms with Crippen LogP contribution in [0, 0.1) is 19.8 Å². The Hall–Kier alpha value is -2.43. The highest BCUT2D eigenvalue weighted by Crippen LogP contribution is 2.35.